The molecule has 2 fully saturated rings. The molecule has 0 atom stereocenters. The van der Waals surface area contributed by atoms with Crippen LogP contribution in [0.25, 0.3) is 0 Å². The molecular formula is C31H39BrKN3O3-2. The van der Waals surface area contributed by atoms with Crippen molar-refractivity contribution in [2.75, 3.05) is 38.4 Å². The number of anilines is 2. The van der Waals surface area contributed by atoms with Gasteiger partial charge in [0.2, 0.25) is 5.91 Å². The number of hydrogen-bond acceptors (Lipinski definition) is 5. The Morgan fingerprint density at radius 1 is 1.15 bits per heavy atom. The van der Waals surface area contributed by atoms with Crippen molar-refractivity contribution in [3.8, 4) is 5.75 Å². The predicted molar refractivity (Wildman–Crippen MR) is 159 cm³/mol. The molecule has 2 aromatic rings. The Morgan fingerprint density at radius 2 is 1.85 bits per heavy atom. The summed E-state index contributed by atoms with van der Waals surface area (Å²) < 4.78 is 6.08. The number of amides is 1. The predicted octanol–water partition coefficient (Wildman–Crippen LogP) is 3.84. The third-order valence-electron chi connectivity index (χ3n) is 6.94. The van der Waals surface area contributed by atoms with Crippen LogP contribution >= 0.6 is 15.9 Å². The van der Waals surface area contributed by atoms with Gasteiger partial charge in [0, 0.05) is 29.9 Å². The van der Waals surface area contributed by atoms with Gasteiger partial charge in [-0.05, 0) is 69.5 Å². The Hall–Kier alpha value is -1.13. The molecular weight excluding hydrogens is 581 g/mol. The Labute approximate surface area is 285 Å². The SMILES string of the molecule is COc1cc(NC(=O)C2CC[CH-]CC2)ccc1C.[CH2-]c1c(Br)cc(NC(CN(C)C)=C2CCC2)cc1[C-]=O.[K+]. The Kier molecular flexibility index (Phi) is 14.8. The molecule has 0 spiro atoms. The second-order valence-corrected chi connectivity index (χ2v) is 11.1. The first-order valence-electron chi connectivity index (χ1n) is 13.1. The number of nitrogens with one attached hydrogen (secondary N) is 2. The summed E-state index contributed by atoms with van der Waals surface area (Å²) in [7, 11) is 5.76. The van der Waals surface area contributed by atoms with E-state index in [2.05, 4.69) is 58.9 Å². The normalized spacial score (nSPS) is 14.8. The molecule has 6 nitrogen and oxygen atoms in total. The van der Waals surface area contributed by atoms with Crippen LogP contribution in [0.5, 0.6) is 5.75 Å². The molecule has 2 saturated carbocycles. The zero-order valence-corrected chi connectivity index (χ0v) is 28.7. The van der Waals surface area contributed by atoms with Gasteiger partial charge in [0.25, 0.3) is 0 Å². The molecule has 0 saturated heterocycles. The first kappa shape index (κ1) is 34.1. The van der Waals surface area contributed by atoms with Crippen LogP contribution in [0.4, 0.5) is 11.4 Å². The number of aryl methyl sites for hydroxylation is 1. The van der Waals surface area contributed by atoms with E-state index in [4.69, 9.17) is 4.74 Å². The molecule has 0 bridgehead atoms. The van der Waals surface area contributed by atoms with Crippen LogP contribution < -0.4 is 66.8 Å². The van der Waals surface area contributed by atoms with Gasteiger partial charge in [-0.25, -0.2) is 0 Å². The van der Waals surface area contributed by atoms with Gasteiger partial charge in [-0.1, -0.05) is 18.9 Å². The maximum atomic E-state index is 12.1. The minimum atomic E-state index is 0. The number of halogens is 1. The molecule has 8 heteroatoms. The minimum Gasteiger partial charge on any atom is -0.496 e. The van der Waals surface area contributed by atoms with Crippen molar-refractivity contribution in [3.05, 3.63) is 76.1 Å². The van der Waals surface area contributed by atoms with E-state index < -0.39 is 0 Å². The van der Waals surface area contributed by atoms with Crippen LogP contribution in [0.15, 0.2) is 46.1 Å². The van der Waals surface area contributed by atoms with Gasteiger partial charge in [0.1, 0.15) is 5.75 Å². The number of allylic oxidation sites excluding steroid dienone is 1. The second kappa shape index (κ2) is 17.0. The number of carbonyl (C=O) groups is 1. The molecule has 0 heterocycles. The molecule has 206 valence electrons. The van der Waals surface area contributed by atoms with E-state index in [-0.39, 0.29) is 63.2 Å². The fourth-order valence-corrected chi connectivity index (χ4v) is 4.98. The Balaban J connectivity index is 0.000000268. The monoisotopic (exact) mass is 619 g/mol. The smallest absolute Gasteiger partial charge is 0.496 e. The molecule has 0 aromatic heterocycles. The third kappa shape index (κ3) is 10.3. The quantitative estimate of drug-likeness (QED) is 0.347. The van der Waals surface area contributed by atoms with Crippen LogP contribution in [0.2, 0.25) is 0 Å². The molecule has 2 aliphatic rings. The van der Waals surface area contributed by atoms with Gasteiger partial charge < -0.3 is 31.5 Å². The average Bonchev–Trinajstić information content (AvgIpc) is 2.86. The number of hydrogen-bond donors (Lipinski definition) is 2. The van der Waals surface area contributed by atoms with Crippen molar-refractivity contribution in [2.45, 2.75) is 51.9 Å². The number of benzene rings is 2. The van der Waals surface area contributed by atoms with Gasteiger partial charge in [-0.15, -0.1) is 26.5 Å². The van der Waals surface area contributed by atoms with Crippen molar-refractivity contribution in [1.82, 2.24) is 4.90 Å². The minimum absolute atomic E-state index is 0. The first-order chi connectivity index (χ1) is 18.2. The molecule has 2 aromatic carbocycles. The van der Waals surface area contributed by atoms with Crippen molar-refractivity contribution >= 4 is 39.5 Å². The van der Waals surface area contributed by atoms with E-state index in [1.807, 2.05) is 37.5 Å². The summed E-state index contributed by atoms with van der Waals surface area (Å²) in [4.78, 5) is 25.2. The van der Waals surface area contributed by atoms with E-state index in [9.17, 15) is 9.59 Å². The summed E-state index contributed by atoms with van der Waals surface area (Å²) in [6, 6.07) is 9.52. The zero-order chi connectivity index (χ0) is 27.7. The van der Waals surface area contributed by atoms with Crippen LogP contribution in [-0.4, -0.2) is 44.8 Å². The number of rotatable bonds is 8. The summed E-state index contributed by atoms with van der Waals surface area (Å²) in [5.41, 5.74) is 6.67. The first-order valence-corrected chi connectivity index (χ1v) is 13.9. The number of nitrogens with zero attached hydrogens (tertiary/aromatic N) is 1. The van der Waals surface area contributed by atoms with E-state index >= 15 is 0 Å². The standard InChI is InChI=1S/C16H19BrN2O.C15H20NO2.K/c1-11-13(10-20)7-14(8-15(11)17)18-16(9-19(2)3)12-5-4-6-12;1-11-8-9-13(10-14(11)18-2)16-15(17)12-6-4-3-5-7-12;/h7-8,18H,1,4-6,9H2,2-3H3;3,8-10,12H,4-7H2,1-2H3,(H,16,17);/q-2;-1;+1. The molecule has 4 rings (SSSR count). The molecule has 1 amide bonds. The van der Waals surface area contributed by atoms with Gasteiger partial charge in [0.05, 0.1) is 7.11 Å². The van der Waals surface area contributed by atoms with Gasteiger partial charge >= 0.3 is 51.4 Å². The van der Waals surface area contributed by atoms with Crippen LogP contribution in [0.3, 0.4) is 0 Å². The molecule has 2 aliphatic carbocycles. The van der Waals surface area contributed by atoms with Crippen molar-refractivity contribution in [2.24, 2.45) is 5.92 Å². The number of carbonyl (C=O) groups excluding carboxylic acids is 2. The second-order valence-electron chi connectivity index (χ2n) is 10.2. The summed E-state index contributed by atoms with van der Waals surface area (Å²) >= 11 is 3.44. The average molecular weight is 621 g/mol. The Morgan fingerprint density at radius 3 is 2.41 bits per heavy atom. The number of likely N-dealkylation sites (N-methyl/N-ethyl adjacent to an activating group) is 1. The number of methoxy groups -OCH3 is 1. The van der Waals surface area contributed by atoms with Crippen molar-refractivity contribution in [1.29, 1.82) is 0 Å². The maximum Gasteiger partial charge on any atom is 1.00 e. The summed E-state index contributed by atoms with van der Waals surface area (Å²) in [6.45, 7) is 6.73. The fourth-order valence-electron chi connectivity index (χ4n) is 4.52. The van der Waals surface area contributed by atoms with Crippen LogP contribution in [0.1, 0.15) is 61.6 Å². The van der Waals surface area contributed by atoms with E-state index in [1.165, 1.54) is 17.7 Å². The van der Waals surface area contributed by atoms with Crippen molar-refractivity contribution in [3.63, 3.8) is 0 Å². The Bertz CT molecular complexity index is 1150. The molecule has 0 radical (unpaired) electrons. The zero-order valence-electron chi connectivity index (χ0n) is 24.0. The van der Waals surface area contributed by atoms with Gasteiger partial charge in [-0.3, -0.25) is 22.8 Å². The fraction of sp³-hybridized carbons (Fsp3) is 0.419. The molecule has 39 heavy (non-hydrogen) atoms. The van der Waals surface area contributed by atoms with Crippen molar-refractivity contribution < 1.29 is 65.7 Å². The van der Waals surface area contributed by atoms with E-state index in [1.54, 1.807) is 13.2 Å². The summed E-state index contributed by atoms with van der Waals surface area (Å²) in [5.74, 6) is 1.10. The summed E-state index contributed by atoms with van der Waals surface area (Å²) in [6.07, 6.45) is 11.8. The van der Waals surface area contributed by atoms with Gasteiger partial charge in [-0.2, -0.15) is 18.9 Å². The summed E-state index contributed by atoms with van der Waals surface area (Å²) in [5, 5.41) is 6.44. The molecule has 2 N–H and O–H groups in total. The van der Waals surface area contributed by atoms with Gasteiger partial charge in [0.15, 0.2) is 0 Å². The molecule has 0 aliphatic heterocycles. The van der Waals surface area contributed by atoms with E-state index in [0.29, 0.717) is 11.1 Å². The largest absolute Gasteiger partial charge is 1.00 e. The third-order valence-corrected chi connectivity index (χ3v) is 7.65. The van der Waals surface area contributed by atoms with E-state index in [0.717, 1.165) is 72.2 Å². The topological polar surface area (TPSA) is 70.7 Å². The van der Waals surface area contributed by atoms with Crippen LogP contribution in [0, 0.1) is 26.2 Å². The maximum absolute atomic E-state index is 12.1. The molecule has 0 unspecified atom stereocenters. The van der Waals surface area contributed by atoms with Crippen LogP contribution in [-0.2, 0) is 9.59 Å². The number of ether oxygens (including phenoxy) is 1.